The van der Waals surface area contributed by atoms with Crippen molar-refractivity contribution in [3.8, 4) is 0 Å². The van der Waals surface area contributed by atoms with E-state index in [0.717, 1.165) is 32.7 Å². The lowest BCUT2D eigenvalue weighted by molar-refractivity contribution is -0.126. The zero-order valence-corrected chi connectivity index (χ0v) is 10.3. The van der Waals surface area contributed by atoms with Crippen LogP contribution in [0, 0.1) is 0 Å². The maximum Gasteiger partial charge on any atom is 0.237 e. The van der Waals surface area contributed by atoms with Crippen LogP contribution in [-0.2, 0) is 4.79 Å². The predicted octanol–water partition coefficient (Wildman–Crippen LogP) is -0.879. The van der Waals surface area contributed by atoms with Gasteiger partial charge >= 0.3 is 0 Å². The fourth-order valence-electron chi connectivity index (χ4n) is 2.00. The first kappa shape index (κ1) is 13.4. The predicted molar refractivity (Wildman–Crippen MR) is 63.2 cm³/mol. The van der Waals surface area contributed by atoms with Crippen LogP contribution in [-0.4, -0.2) is 72.7 Å². The van der Waals surface area contributed by atoms with Crippen LogP contribution in [0.25, 0.3) is 0 Å². The van der Waals surface area contributed by atoms with Crippen molar-refractivity contribution in [1.82, 2.24) is 15.1 Å². The molecule has 1 heterocycles. The number of nitrogens with one attached hydrogen (secondary N) is 1. The van der Waals surface area contributed by atoms with Crippen LogP contribution in [0.15, 0.2) is 0 Å². The van der Waals surface area contributed by atoms with Crippen molar-refractivity contribution in [2.75, 3.05) is 45.9 Å². The third kappa shape index (κ3) is 3.73. The molecule has 1 aliphatic rings. The number of carbonyl (C=O) groups excluding carboxylic acids is 1. The molecular weight excluding hydrogens is 206 g/mol. The number of amides is 1. The minimum absolute atomic E-state index is 0.0452. The quantitative estimate of drug-likeness (QED) is 0.643. The number of likely N-dealkylation sites (N-methyl/N-ethyl adjacent to an activating group) is 1. The molecule has 0 aromatic carbocycles. The third-order valence-corrected chi connectivity index (χ3v) is 3.10. The molecule has 1 saturated heterocycles. The van der Waals surface area contributed by atoms with Crippen LogP contribution in [0.5, 0.6) is 0 Å². The molecule has 2 N–H and O–H groups in total. The largest absolute Gasteiger partial charge is 0.395 e. The molecular formula is C11H23N3O2. The Morgan fingerprint density at radius 1 is 1.38 bits per heavy atom. The Bertz CT molecular complexity index is 215. The Hall–Kier alpha value is -0.650. The van der Waals surface area contributed by atoms with Gasteiger partial charge in [-0.05, 0) is 13.8 Å². The number of nitrogens with zero attached hydrogens (tertiary/aromatic N) is 2. The van der Waals surface area contributed by atoms with Crippen molar-refractivity contribution in [3.05, 3.63) is 0 Å². The standard InChI is InChI=1S/C11H23N3O2/c1-3-12-11(16)10(2)14-6-4-13(5-7-14)8-9-15/h10,15H,3-9H2,1-2H3,(H,12,16). The Labute approximate surface area is 97.4 Å². The summed E-state index contributed by atoms with van der Waals surface area (Å²) in [5.74, 6) is 0.109. The molecule has 1 rings (SSSR count). The third-order valence-electron chi connectivity index (χ3n) is 3.10. The van der Waals surface area contributed by atoms with Gasteiger partial charge < -0.3 is 10.4 Å². The summed E-state index contributed by atoms with van der Waals surface area (Å²) in [7, 11) is 0. The zero-order chi connectivity index (χ0) is 12.0. The number of hydrogen-bond donors (Lipinski definition) is 2. The number of β-amino-alcohol motifs (C(OH)–C–C–N with tert-alkyl or cyclic N) is 1. The maximum absolute atomic E-state index is 11.6. The van der Waals surface area contributed by atoms with Gasteiger partial charge in [-0.25, -0.2) is 0 Å². The summed E-state index contributed by atoms with van der Waals surface area (Å²) < 4.78 is 0. The highest BCUT2D eigenvalue weighted by Crippen LogP contribution is 2.06. The normalized spacial score (nSPS) is 20.7. The van der Waals surface area contributed by atoms with Crippen LogP contribution >= 0.6 is 0 Å². The molecule has 94 valence electrons. The molecule has 1 atom stereocenters. The van der Waals surface area contributed by atoms with Crippen LogP contribution in [0.2, 0.25) is 0 Å². The van der Waals surface area contributed by atoms with E-state index in [1.165, 1.54) is 0 Å². The monoisotopic (exact) mass is 229 g/mol. The van der Waals surface area contributed by atoms with E-state index in [1.54, 1.807) is 0 Å². The number of rotatable bonds is 5. The Kier molecular flexibility index (Phi) is 5.73. The molecule has 0 saturated carbocycles. The summed E-state index contributed by atoms with van der Waals surface area (Å²) in [6.07, 6.45) is 0. The van der Waals surface area contributed by atoms with Crippen LogP contribution in [0.3, 0.4) is 0 Å². The molecule has 1 amide bonds. The Morgan fingerprint density at radius 2 is 2.00 bits per heavy atom. The first-order chi connectivity index (χ1) is 7.69. The molecule has 0 bridgehead atoms. The second-order valence-corrected chi connectivity index (χ2v) is 4.17. The molecule has 0 aromatic rings. The highest BCUT2D eigenvalue weighted by atomic mass is 16.3. The van der Waals surface area contributed by atoms with Crippen molar-refractivity contribution in [3.63, 3.8) is 0 Å². The van der Waals surface area contributed by atoms with Gasteiger partial charge in [0.1, 0.15) is 0 Å². The number of aliphatic hydroxyl groups is 1. The van der Waals surface area contributed by atoms with Gasteiger partial charge in [0.15, 0.2) is 0 Å². The summed E-state index contributed by atoms with van der Waals surface area (Å²) in [4.78, 5) is 16.1. The average molecular weight is 229 g/mol. The average Bonchev–Trinajstić information content (AvgIpc) is 2.30. The van der Waals surface area contributed by atoms with E-state index in [9.17, 15) is 4.79 Å². The number of carbonyl (C=O) groups is 1. The lowest BCUT2D eigenvalue weighted by atomic mass is 10.2. The second kappa shape index (κ2) is 6.83. The van der Waals surface area contributed by atoms with Gasteiger partial charge in [-0.2, -0.15) is 0 Å². The van der Waals surface area contributed by atoms with E-state index < -0.39 is 0 Å². The second-order valence-electron chi connectivity index (χ2n) is 4.17. The summed E-state index contributed by atoms with van der Waals surface area (Å²) in [6, 6.07) is -0.0452. The minimum atomic E-state index is -0.0452. The van der Waals surface area contributed by atoms with E-state index in [0.29, 0.717) is 6.54 Å². The van der Waals surface area contributed by atoms with E-state index in [-0.39, 0.29) is 18.6 Å². The molecule has 16 heavy (non-hydrogen) atoms. The van der Waals surface area contributed by atoms with Gasteiger partial charge in [-0.1, -0.05) is 0 Å². The van der Waals surface area contributed by atoms with Crippen molar-refractivity contribution in [1.29, 1.82) is 0 Å². The van der Waals surface area contributed by atoms with Crippen molar-refractivity contribution < 1.29 is 9.90 Å². The summed E-state index contributed by atoms with van der Waals surface area (Å²) in [6.45, 7) is 9.20. The van der Waals surface area contributed by atoms with Crippen molar-refractivity contribution in [2.24, 2.45) is 0 Å². The summed E-state index contributed by atoms with van der Waals surface area (Å²) >= 11 is 0. The molecule has 5 nitrogen and oxygen atoms in total. The molecule has 1 unspecified atom stereocenters. The highest BCUT2D eigenvalue weighted by Gasteiger charge is 2.24. The molecule has 0 aromatic heterocycles. The summed E-state index contributed by atoms with van der Waals surface area (Å²) in [5, 5.41) is 11.7. The number of piperazine rings is 1. The first-order valence-electron chi connectivity index (χ1n) is 6.04. The van der Waals surface area contributed by atoms with Gasteiger partial charge in [0.25, 0.3) is 0 Å². The molecule has 1 aliphatic heterocycles. The topological polar surface area (TPSA) is 55.8 Å². The fourth-order valence-corrected chi connectivity index (χ4v) is 2.00. The first-order valence-corrected chi connectivity index (χ1v) is 6.04. The summed E-state index contributed by atoms with van der Waals surface area (Å²) in [5.41, 5.74) is 0. The number of hydrogen-bond acceptors (Lipinski definition) is 4. The fraction of sp³-hybridized carbons (Fsp3) is 0.909. The van der Waals surface area contributed by atoms with Crippen LogP contribution < -0.4 is 5.32 Å². The van der Waals surface area contributed by atoms with Gasteiger partial charge in [-0.15, -0.1) is 0 Å². The SMILES string of the molecule is CCNC(=O)C(C)N1CCN(CCO)CC1. The maximum atomic E-state index is 11.6. The van der Waals surface area contributed by atoms with Crippen LogP contribution in [0.4, 0.5) is 0 Å². The Morgan fingerprint density at radius 3 is 2.50 bits per heavy atom. The molecule has 0 spiro atoms. The van der Waals surface area contributed by atoms with Gasteiger partial charge in [0, 0.05) is 39.3 Å². The lowest BCUT2D eigenvalue weighted by Gasteiger charge is -2.37. The van der Waals surface area contributed by atoms with Gasteiger partial charge in [0.2, 0.25) is 5.91 Å². The smallest absolute Gasteiger partial charge is 0.237 e. The van der Waals surface area contributed by atoms with Crippen molar-refractivity contribution in [2.45, 2.75) is 19.9 Å². The number of aliphatic hydroxyl groups excluding tert-OH is 1. The van der Waals surface area contributed by atoms with E-state index in [2.05, 4.69) is 15.1 Å². The molecule has 1 fully saturated rings. The van der Waals surface area contributed by atoms with Crippen LogP contribution in [0.1, 0.15) is 13.8 Å². The van der Waals surface area contributed by atoms with Crippen molar-refractivity contribution >= 4 is 5.91 Å². The Balaban J connectivity index is 2.32. The van der Waals surface area contributed by atoms with E-state index >= 15 is 0 Å². The zero-order valence-electron chi connectivity index (χ0n) is 10.3. The van der Waals surface area contributed by atoms with Gasteiger partial charge in [0.05, 0.1) is 12.6 Å². The minimum Gasteiger partial charge on any atom is -0.395 e. The highest BCUT2D eigenvalue weighted by molar-refractivity contribution is 5.81. The van der Waals surface area contributed by atoms with E-state index in [4.69, 9.17) is 5.11 Å². The van der Waals surface area contributed by atoms with Gasteiger partial charge in [-0.3, -0.25) is 14.6 Å². The molecule has 5 heteroatoms. The molecule has 0 aliphatic carbocycles. The lowest BCUT2D eigenvalue weighted by Crippen LogP contribution is -2.54. The van der Waals surface area contributed by atoms with E-state index in [1.807, 2.05) is 13.8 Å². The molecule has 0 radical (unpaired) electrons.